The zero-order chi connectivity index (χ0) is 20.0. The minimum atomic E-state index is -0.0949. The van der Waals surface area contributed by atoms with Crippen molar-refractivity contribution in [2.45, 2.75) is 110 Å². The second kappa shape index (κ2) is 21.5. The van der Waals surface area contributed by atoms with Gasteiger partial charge >= 0.3 is 11.9 Å². The van der Waals surface area contributed by atoms with Crippen LogP contribution < -0.4 is 0 Å². The van der Waals surface area contributed by atoms with Crippen molar-refractivity contribution in [2.75, 3.05) is 19.1 Å². The molecule has 0 N–H and O–H groups in total. The van der Waals surface area contributed by atoms with Gasteiger partial charge in [-0.2, -0.15) is 0 Å². The third-order valence-corrected chi connectivity index (χ3v) is 4.88. The van der Waals surface area contributed by atoms with Crippen molar-refractivity contribution in [3.63, 3.8) is 0 Å². The van der Waals surface area contributed by atoms with Crippen LogP contribution in [0, 0.1) is 0 Å². The number of rotatable bonds is 20. The Hall–Kier alpha value is -0.770. The summed E-state index contributed by atoms with van der Waals surface area (Å²) in [5, 5.41) is 0. The van der Waals surface area contributed by atoms with E-state index in [-0.39, 0.29) is 11.9 Å². The lowest BCUT2D eigenvalue weighted by molar-refractivity contribution is -0.144. The average molecular weight is 405 g/mol. The molecule has 0 spiro atoms. The summed E-state index contributed by atoms with van der Waals surface area (Å²) in [5.41, 5.74) is 0. The minimum absolute atomic E-state index is 0.0571. The number of unbranched alkanes of at least 4 members (excludes halogenated alkanes) is 12. The van der Waals surface area contributed by atoms with Gasteiger partial charge in [-0.05, 0) is 32.6 Å². The van der Waals surface area contributed by atoms with Crippen LogP contribution in [-0.4, -0.2) is 31.0 Å². The number of carbonyl (C=O) groups excluding carboxylic acids is 2. The molecule has 0 aliphatic rings. The van der Waals surface area contributed by atoms with Crippen molar-refractivity contribution in [1.82, 2.24) is 0 Å². The fourth-order valence-electron chi connectivity index (χ4n) is 2.99. The molecule has 0 aromatic carbocycles. The second-order valence-corrected chi connectivity index (χ2v) is 7.54. The number of alkyl halides is 1. The molecule has 0 radical (unpaired) electrons. The molecule has 160 valence electrons. The van der Waals surface area contributed by atoms with Crippen LogP contribution in [0.5, 0.6) is 0 Å². The first-order valence-corrected chi connectivity index (χ1v) is 11.6. The molecule has 27 heavy (non-hydrogen) atoms. The summed E-state index contributed by atoms with van der Waals surface area (Å²) < 4.78 is 10.2. The van der Waals surface area contributed by atoms with Gasteiger partial charge in [0, 0.05) is 18.7 Å². The molecule has 0 atom stereocenters. The summed E-state index contributed by atoms with van der Waals surface area (Å²) in [5.74, 6) is 0.628. The van der Waals surface area contributed by atoms with E-state index < -0.39 is 0 Å². The second-order valence-electron chi connectivity index (χ2n) is 7.16. The van der Waals surface area contributed by atoms with E-state index in [4.69, 9.17) is 21.1 Å². The van der Waals surface area contributed by atoms with E-state index in [2.05, 4.69) is 0 Å². The lowest BCUT2D eigenvalue weighted by atomic mass is 10.1. The van der Waals surface area contributed by atoms with E-state index in [1.807, 2.05) is 6.92 Å². The Labute approximate surface area is 171 Å². The summed E-state index contributed by atoms with van der Waals surface area (Å²) in [6.07, 6.45) is 16.8. The van der Waals surface area contributed by atoms with E-state index in [0.717, 1.165) is 63.7 Å². The number of halogens is 1. The maximum absolute atomic E-state index is 11.7. The smallest absolute Gasteiger partial charge is 0.305 e. The Kier molecular flexibility index (Phi) is 20.9. The van der Waals surface area contributed by atoms with E-state index in [9.17, 15) is 9.59 Å². The fraction of sp³-hybridized carbons (Fsp3) is 0.909. The van der Waals surface area contributed by atoms with Gasteiger partial charge in [0.25, 0.3) is 0 Å². The zero-order valence-corrected chi connectivity index (χ0v) is 18.2. The van der Waals surface area contributed by atoms with Crippen molar-refractivity contribution >= 4 is 23.5 Å². The number of hydrogen-bond acceptors (Lipinski definition) is 4. The Morgan fingerprint density at radius 1 is 0.593 bits per heavy atom. The van der Waals surface area contributed by atoms with Crippen LogP contribution in [0.25, 0.3) is 0 Å². The molecule has 0 unspecified atom stereocenters. The lowest BCUT2D eigenvalue weighted by Crippen LogP contribution is -2.05. The molecule has 0 aromatic heterocycles. The minimum Gasteiger partial charge on any atom is -0.466 e. The van der Waals surface area contributed by atoms with Crippen LogP contribution in [0.1, 0.15) is 110 Å². The Balaban J connectivity index is 3.21. The largest absolute Gasteiger partial charge is 0.466 e. The number of ether oxygens (including phenoxy) is 2. The Morgan fingerprint density at radius 2 is 1.00 bits per heavy atom. The highest BCUT2D eigenvalue weighted by Crippen LogP contribution is 2.11. The summed E-state index contributed by atoms with van der Waals surface area (Å²) in [6.45, 7) is 2.86. The molecule has 4 nitrogen and oxygen atoms in total. The predicted molar refractivity (Wildman–Crippen MR) is 112 cm³/mol. The molecule has 0 rings (SSSR count). The quantitative estimate of drug-likeness (QED) is 0.131. The number of carbonyl (C=O) groups is 2. The maximum Gasteiger partial charge on any atom is 0.305 e. The van der Waals surface area contributed by atoms with Crippen LogP contribution in [0.4, 0.5) is 0 Å². The molecule has 0 saturated heterocycles. The van der Waals surface area contributed by atoms with Crippen LogP contribution >= 0.6 is 11.6 Å². The van der Waals surface area contributed by atoms with Crippen molar-refractivity contribution in [3.05, 3.63) is 0 Å². The Morgan fingerprint density at radius 3 is 1.48 bits per heavy atom. The van der Waals surface area contributed by atoms with E-state index in [0.29, 0.717) is 26.1 Å². The monoisotopic (exact) mass is 404 g/mol. The van der Waals surface area contributed by atoms with Crippen LogP contribution in [0.3, 0.4) is 0 Å². The van der Waals surface area contributed by atoms with Gasteiger partial charge in [0.2, 0.25) is 0 Å². The van der Waals surface area contributed by atoms with Gasteiger partial charge in [-0.25, -0.2) is 0 Å². The van der Waals surface area contributed by atoms with Gasteiger partial charge in [-0.15, -0.1) is 11.6 Å². The van der Waals surface area contributed by atoms with Crippen molar-refractivity contribution in [1.29, 1.82) is 0 Å². The first-order valence-electron chi connectivity index (χ1n) is 11.1. The SMILES string of the molecule is CCOC(=O)CCCCCCCCC(=O)OCCCCCCCCCCCl. The van der Waals surface area contributed by atoms with Gasteiger partial charge in [0.15, 0.2) is 0 Å². The highest BCUT2D eigenvalue weighted by Gasteiger charge is 2.03. The van der Waals surface area contributed by atoms with E-state index >= 15 is 0 Å². The van der Waals surface area contributed by atoms with Gasteiger partial charge in [-0.3, -0.25) is 9.59 Å². The first kappa shape index (κ1) is 26.2. The molecule has 0 heterocycles. The molecule has 5 heteroatoms. The molecule has 0 aliphatic carbocycles. The van der Waals surface area contributed by atoms with E-state index in [1.54, 1.807) is 0 Å². The molecule has 0 saturated carbocycles. The molecule has 0 aliphatic heterocycles. The molecule has 0 bridgehead atoms. The van der Waals surface area contributed by atoms with Crippen molar-refractivity contribution < 1.29 is 19.1 Å². The molecule has 0 aromatic rings. The maximum atomic E-state index is 11.7. The van der Waals surface area contributed by atoms with Gasteiger partial charge in [0.05, 0.1) is 13.2 Å². The van der Waals surface area contributed by atoms with Gasteiger partial charge < -0.3 is 9.47 Å². The third-order valence-electron chi connectivity index (χ3n) is 4.61. The molecular formula is C22H41ClO4. The van der Waals surface area contributed by atoms with E-state index in [1.165, 1.54) is 32.1 Å². The summed E-state index contributed by atoms with van der Waals surface area (Å²) in [4.78, 5) is 22.8. The van der Waals surface area contributed by atoms with Crippen LogP contribution in [-0.2, 0) is 19.1 Å². The topological polar surface area (TPSA) is 52.6 Å². The van der Waals surface area contributed by atoms with Crippen molar-refractivity contribution in [3.8, 4) is 0 Å². The number of esters is 2. The zero-order valence-electron chi connectivity index (χ0n) is 17.4. The van der Waals surface area contributed by atoms with Gasteiger partial charge in [-0.1, -0.05) is 64.2 Å². The molecule has 0 amide bonds. The Bertz CT molecular complexity index is 347. The standard InChI is InChI=1S/C22H41ClO4/c1-2-26-21(24)17-13-9-5-6-10-14-18-22(25)27-20-16-12-8-4-3-7-11-15-19-23/h2-20H2,1H3. The summed E-state index contributed by atoms with van der Waals surface area (Å²) in [7, 11) is 0. The lowest BCUT2D eigenvalue weighted by Gasteiger charge is -2.05. The highest BCUT2D eigenvalue weighted by molar-refractivity contribution is 6.17. The highest BCUT2D eigenvalue weighted by atomic mass is 35.5. The average Bonchev–Trinajstić information content (AvgIpc) is 2.65. The molecule has 0 fully saturated rings. The summed E-state index contributed by atoms with van der Waals surface area (Å²) >= 11 is 5.65. The predicted octanol–water partition coefficient (Wildman–Crippen LogP) is 6.57. The molecular weight excluding hydrogens is 364 g/mol. The van der Waals surface area contributed by atoms with Crippen LogP contribution in [0.2, 0.25) is 0 Å². The van der Waals surface area contributed by atoms with Crippen molar-refractivity contribution in [2.24, 2.45) is 0 Å². The summed E-state index contributed by atoms with van der Waals surface area (Å²) in [6, 6.07) is 0. The van der Waals surface area contributed by atoms with Crippen LogP contribution in [0.15, 0.2) is 0 Å². The van der Waals surface area contributed by atoms with Gasteiger partial charge in [0.1, 0.15) is 0 Å². The third kappa shape index (κ3) is 21.4. The normalized spacial score (nSPS) is 10.7. The number of hydrogen-bond donors (Lipinski definition) is 0. The fourth-order valence-corrected chi connectivity index (χ4v) is 3.18. The first-order chi connectivity index (χ1) is 13.2.